The van der Waals surface area contributed by atoms with E-state index in [1.165, 1.54) is 0 Å². The Morgan fingerprint density at radius 2 is 2.20 bits per heavy atom. The van der Waals surface area contributed by atoms with Gasteiger partial charge in [-0.15, -0.1) is 0 Å². The van der Waals surface area contributed by atoms with Gasteiger partial charge >= 0.3 is 0 Å². The normalized spacial score (nSPS) is 15.2. The maximum Gasteiger partial charge on any atom is 0.138 e. The lowest BCUT2D eigenvalue weighted by atomic mass is 9.99. The van der Waals surface area contributed by atoms with E-state index in [-0.39, 0.29) is 6.04 Å². The molecule has 1 rings (SSSR count). The van der Waals surface area contributed by atoms with Gasteiger partial charge < -0.3 is 5.73 Å². The molecule has 0 radical (unpaired) electrons. The summed E-state index contributed by atoms with van der Waals surface area (Å²) in [6.45, 7) is 7.37. The van der Waals surface area contributed by atoms with Gasteiger partial charge in [-0.05, 0) is 25.7 Å². The maximum atomic E-state index is 5.78. The summed E-state index contributed by atoms with van der Waals surface area (Å²) in [4.78, 5) is 4.29. The van der Waals surface area contributed by atoms with Crippen LogP contribution in [-0.2, 0) is 13.0 Å². The summed E-state index contributed by atoms with van der Waals surface area (Å²) in [5.41, 5.74) is 5.78. The summed E-state index contributed by atoms with van der Waals surface area (Å²) in [6.07, 6.45) is 4.75. The van der Waals surface area contributed by atoms with Crippen molar-refractivity contribution in [2.45, 2.75) is 52.6 Å². The molecule has 0 aromatic carbocycles. The number of aryl methyl sites for hydroxylation is 1. The molecular weight excluding hydrogens is 188 g/mol. The fraction of sp³-hybridized carbons (Fsp3) is 0.818. The van der Waals surface area contributed by atoms with Crippen LogP contribution in [0.5, 0.6) is 0 Å². The summed E-state index contributed by atoms with van der Waals surface area (Å²) in [5, 5.41) is 4.21. The molecule has 2 unspecified atom stereocenters. The third kappa shape index (κ3) is 4.00. The number of aromatic nitrogens is 3. The minimum atomic E-state index is 0.266. The van der Waals surface area contributed by atoms with Gasteiger partial charge in [-0.3, -0.25) is 4.68 Å². The molecule has 1 aromatic heterocycles. The first-order valence-electron chi connectivity index (χ1n) is 5.75. The van der Waals surface area contributed by atoms with Crippen LogP contribution in [0.15, 0.2) is 6.33 Å². The van der Waals surface area contributed by atoms with Crippen molar-refractivity contribution in [3.63, 3.8) is 0 Å². The Hall–Kier alpha value is -0.900. The molecule has 0 bridgehead atoms. The minimum absolute atomic E-state index is 0.266. The first-order chi connectivity index (χ1) is 7.13. The second-order valence-corrected chi connectivity index (χ2v) is 4.42. The van der Waals surface area contributed by atoms with Crippen molar-refractivity contribution in [2.24, 2.45) is 11.7 Å². The topological polar surface area (TPSA) is 56.7 Å². The molecule has 0 fully saturated rings. The second kappa shape index (κ2) is 5.85. The van der Waals surface area contributed by atoms with E-state index < -0.39 is 0 Å². The summed E-state index contributed by atoms with van der Waals surface area (Å²) >= 11 is 0. The Morgan fingerprint density at radius 3 is 2.80 bits per heavy atom. The number of hydrogen-bond acceptors (Lipinski definition) is 3. The molecule has 0 aliphatic rings. The molecule has 1 aromatic rings. The lowest BCUT2D eigenvalue weighted by molar-refractivity contribution is 0.451. The molecule has 86 valence electrons. The smallest absolute Gasteiger partial charge is 0.138 e. The van der Waals surface area contributed by atoms with Crippen molar-refractivity contribution in [3.8, 4) is 0 Å². The Kier molecular flexibility index (Phi) is 4.75. The standard InChI is InChI=1S/C11H22N4/c1-4-5-15-11(13-8-14-15)7-9(2)6-10(3)12/h8-10H,4-7,12H2,1-3H3. The van der Waals surface area contributed by atoms with Crippen LogP contribution in [-0.4, -0.2) is 20.8 Å². The van der Waals surface area contributed by atoms with Crippen LogP contribution in [0.3, 0.4) is 0 Å². The molecule has 2 atom stereocenters. The van der Waals surface area contributed by atoms with Crippen molar-refractivity contribution in [2.75, 3.05) is 0 Å². The Labute approximate surface area is 91.9 Å². The lowest BCUT2D eigenvalue weighted by Gasteiger charge is -2.13. The van der Waals surface area contributed by atoms with E-state index in [2.05, 4.69) is 23.9 Å². The van der Waals surface area contributed by atoms with Crippen LogP contribution in [0.4, 0.5) is 0 Å². The highest BCUT2D eigenvalue weighted by Gasteiger charge is 2.10. The fourth-order valence-corrected chi connectivity index (χ4v) is 1.87. The summed E-state index contributed by atoms with van der Waals surface area (Å²) in [5.74, 6) is 1.66. The van der Waals surface area contributed by atoms with Gasteiger partial charge in [-0.2, -0.15) is 5.10 Å². The van der Waals surface area contributed by atoms with Gasteiger partial charge in [0.25, 0.3) is 0 Å². The van der Waals surface area contributed by atoms with E-state index in [0.717, 1.165) is 31.6 Å². The van der Waals surface area contributed by atoms with Gasteiger partial charge in [-0.25, -0.2) is 4.98 Å². The van der Waals surface area contributed by atoms with Crippen LogP contribution in [0.1, 0.15) is 39.4 Å². The Balaban J connectivity index is 2.51. The van der Waals surface area contributed by atoms with E-state index in [4.69, 9.17) is 5.73 Å². The van der Waals surface area contributed by atoms with Crippen molar-refractivity contribution in [1.29, 1.82) is 0 Å². The molecule has 2 N–H and O–H groups in total. The molecule has 0 aliphatic heterocycles. The van der Waals surface area contributed by atoms with Gasteiger partial charge in [0.1, 0.15) is 12.2 Å². The molecular formula is C11H22N4. The predicted molar refractivity (Wildman–Crippen MR) is 61.4 cm³/mol. The molecule has 0 spiro atoms. The van der Waals surface area contributed by atoms with E-state index >= 15 is 0 Å². The quantitative estimate of drug-likeness (QED) is 0.776. The van der Waals surface area contributed by atoms with Gasteiger partial charge in [0.15, 0.2) is 0 Å². The van der Waals surface area contributed by atoms with Crippen molar-refractivity contribution in [1.82, 2.24) is 14.8 Å². The average Bonchev–Trinajstić information content (AvgIpc) is 2.52. The zero-order valence-electron chi connectivity index (χ0n) is 9.98. The minimum Gasteiger partial charge on any atom is -0.328 e. The first kappa shape index (κ1) is 12.2. The average molecular weight is 210 g/mol. The third-order valence-electron chi connectivity index (χ3n) is 2.44. The van der Waals surface area contributed by atoms with Crippen LogP contribution in [0.25, 0.3) is 0 Å². The lowest BCUT2D eigenvalue weighted by Crippen LogP contribution is -2.20. The Bertz CT molecular complexity index is 280. The van der Waals surface area contributed by atoms with E-state index in [1.807, 2.05) is 11.6 Å². The monoisotopic (exact) mass is 210 g/mol. The van der Waals surface area contributed by atoms with Gasteiger partial charge in [0.2, 0.25) is 0 Å². The molecule has 4 nitrogen and oxygen atoms in total. The van der Waals surface area contributed by atoms with E-state index in [1.54, 1.807) is 6.33 Å². The number of hydrogen-bond donors (Lipinski definition) is 1. The van der Waals surface area contributed by atoms with Crippen LogP contribution in [0, 0.1) is 5.92 Å². The van der Waals surface area contributed by atoms with E-state index in [9.17, 15) is 0 Å². The number of nitrogens with two attached hydrogens (primary N) is 1. The van der Waals surface area contributed by atoms with Gasteiger partial charge in [-0.1, -0.05) is 13.8 Å². The van der Waals surface area contributed by atoms with Crippen molar-refractivity contribution >= 4 is 0 Å². The fourth-order valence-electron chi connectivity index (χ4n) is 1.87. The van der Waals surface area contributed by atoms with Crippen molar-refractivity contribution < 1.29 is 0 Å². The van der Waals surface area contributed by atoms with Gasteiger partial charge in [0, 0.05) is 19.0 Å². The largest absolute Gasteiger partial charge is 0.328 e. The zero-order chi connectivity index (χ0) is 11.3. The maximum absolute atomic E-state index is 5.78. The summed E-state index contributed by atoms with van der Waals surface area (Å²) in [7, 11) is 0. The predicted octanol–water partition coefficient (Wildman–Crippen LogP) is 1.60. The number of nitrogens with zero attached hydrogens (tertiary/aromatic N) is 3. The molecule has 1 heterocycles. The molecule has 0 saturated carbocycles. The van der Waals surface area contributed by atoms with Crippen molar-refractivity contribution in [3.05, 3.63) is 12.2 Å². The highest BCUT2D eigenvalue weighted by atomic mass is 15.3. The molecule has 0 aliphatic carbocycles. The SMILES string of the molecule is CCCn1ncnc1CC(C)CC(C)N. The zero-order valence-corrected chi connectivity index (χ0v) is 9.98. The van der Waals surface area contributed by atoms with Gasteiger partial charge in [0.05, 0.1) is 0 Å². The second-order valence-electron chi connectivity index (χ2n) is 4.42. The third-order valence-corrected chi connectivity index (χ3v) is 2.44. The highest BCUT2D eigenvalue weighted by molar-refractivity contribution is 4.87. The van der Waals surface area contributed by atoms with E-state index in [0.29, 0.717) is 5.92 Å². The molecule has 15 heavy (non-hydrogen) atoms. The molecule has 4 heteroatoms. The summed E-state index contributed by atoms with van der Waals surface area (Å²) < 4.78 is 2.00. The first-order valence-corrected chi connectivity index (χ1v) is 5.75. The molecule has 0 amide bonds. The summed E-state index contributed by atoms with van der Waals surface area (Å²) in [6, 6.07) is 0.266. The Morgan fingerprint density at radius 1 is 1.47 bits per heavy atom. The van der Waals surface area contributed by atoms with Crippen LogP contribution in [0.2, 0.25) is 0 Å². The highest BCUT2D eigenvalue weighted by Crippen LogP contribution is 2.11. The van der Waals surface area contributed by atoms with Crippen LogP contribution < -0.4 is 5.73 Å². The molecule has 0 saturated heterocycles. The van der Waals surface area contributed by atoms with Crippen LogP contribution >= 0.6 is 0 Å². The number of rotatable bonds is 6.